The molecule has 0 atom stereocenters. The molecule has 0 saturated heterocycles. The van der Waals surface area contributed by atoms with Gasteiger partial charge in [-0.3, -0.25) is 4.79 Å². The van der Waals surface area contributed by atoms with E-state index in [1.165, 1.54) is 0 Å². The van der Waals surface area contributed by atoms with Gasteiger partial charge in [-0.25, -0.2) is 4.98 Å². The Morgan fingerprint density at radius 1 is 0.897 bits per heavy atom. The third kappa shape index (κ3) is 3.35. The van der Waals surface area contributed by atoms with E-state index >= 15 is 0 Å². The lowest BCUT2D eigenvalue weighted by Gasteiger charge is -2.05. The number of rotatable bonds is 3. The predicted octanol–water partition coefficient (Wildman–Crippen LogP) is 6.29. The predicted molar refractivity (Wildman–Crippen MR) is 118 cm³/mol. The first-order valence-corrected chi connectivity index (χ1v) is 9.60. The number of amides is 1. The Hall–Kier alpha value is -3.63. The minimum atomic E-state index is -0.199. The average Bonchev–Trinajstić information content (AvgIpc) is 3.16. The van der Waals surface area contributed by atoms with Gasteiger partial charge in [-0.2, -0.15) is 0 Å². The van der Waals surface area contributed by atoms with E-state index in [2.05, 4.69) is 28.5 Å². The summed E-state index contributed by atoms with van der Waals surface area (Å²) in [5.74, 6) is 0.583. The second-order valence-corrected chi connectivity index (χ2v) is 7.24. The van der Waals surface area contributed by atoms with E-state index < -0.39 is 0 Å². The molecule has 2 N–H and O–H groups in total. The van der Waals surface area contributed by atoms with Crippen LogP contribution in [0, 0.1) is 0 Å². The molecule has 0 spiro atoms. The molecular formula is C24H16ClN3O. The number of nitrogens with zero attached hydrogens (tertiary/aromatic N) is 1. The molecular weight excluding hydrogens is 382 g/mol. The van der Waals surface area contributed by atoms with Crippen LogP contribution in [0.25, 0.3) is 33.2 Å². The molecule has 0 aliphatic carbocycles. The number of hydrogen-bond acceptors (Lipinski definition) is 2. The number of H-pyrrole nitrogens is 1. The lowest BCUT2D eigenvalue weighted by Crippen LogP contribution is -2.11. The van der Waals surface area contributed by atoms with Crippen molar-refractivity contribution in [3.8, 4) is 11.4 Å². The minimum Gasteiger partial charge on any atom is -0.338 e. The number of halogens is 1. The van der Waals surface area contributed by atoms with E-state index in [0.29, 0.717) is 16.3 Å². The van der Waals surface area contributed by atoms with Crippen LogP contribution in [-0.2, 0) is 0 Å². The van der Waals surface area contributed by atoms with E-state index in [4.69, 9.17) is 16.6 Å². The van der Waals surface area contributed by atoms with Gasteiger partial charge in [-0.1, -0.05) is 60.1 Å². The lowest BCUT2D eigenvalue weighted by atomic mass is 10.0. The molecule has 0 radical (unpaired) electrons. The standard InChI is InChI=1S/C24H16ClN3O/c25-17-7-4-8-18(14-17)26-24(29)16-11-12-21-22(13-16)28-23(27-21)20-10-3-6-15-5-1-2-9-19(15)20/h1-14H,(H,26,29)(H,27,28). The van der Waals surface area contributed by atoms with Gasteiger partial charge in [0.05, 0.1) is 11.0 Å². The Morgan fingerprint density at radius 2 is 1.72 bits per heavy atom. The van der Waals surface area contributed by atoms with Crippen LogP contribution in [0.3, 0.4) is 0 Å². The maximum Gasteiger partial charge on any atom is 0.255 e. The topological polar surface area (TPSA) is 57.8 Å². The van der Waals surface area contributed by atoms with Crippen LogP contribution >= 0.6 is 11.6 Å². The molecule has 1 heterocycles. The number of aromatic nitrogens is 2. The SMILES string of the molecule is O=C(Nc1cccc(Cl)c1)c1ccc2nc(-c3cccc4ccccc34)[nH]c2c1. The second kappa shape index (κ2) is 7.08. The van der Waals surface area contributed by atoms with Crippen molar-refractivity contribution in [2.45, 2.75) is 0 Å². The summed E-state index contributed by atoms with van der Waals surface area (Å²) in [6, 6.07) is 26.9. The number of anilines is 1. The molecule has 5 aromatic rings. The molecule has 0 aliphatic rings. The molecule has 29 heavy (non-hydrogen) atoms. The summed E-state index contributed by atoms with van der Waals surface area (Å²) in [6.45, 7) is 0. The third-order valence-corrected chi connectivity index (χ3v) is 5.11. The zero-order chi connectivity index (χ0) is 19.8. The molecule has 0 unspecified atom stereocenters. The molecule has 0 fully saturated rings. The summed E-state index contributed by atoms with van der Waals surface area (Å²) in [5.41, 5.74) is 3.86. The van der Waals surface area contributed by atoms with Gasteiger partial charge >= 0.3 is 0 Å². The average molecular weight is 398 g/mol. The highest BCUT2D eigenvalue weighted by molar-refractivity contribution is 6.31. The molecule has 1 aromatic heterocycles. The quantitative estimate of drug-likeness (QED) is 0.376. The summed E-state index contributed by atoms with van der Waals surface area (Å²) < 4.78 is 0. The third-order valence-electron chi connectivity index (χ3n) is 4.87. The van der Waals surface area contributed by atoms with Gasteiger partial charge in [-0.05, 0) is 47.2 Å². The van der Waals surface area contributed by atoms with E-state index in [1.54, 1.807) is 30.3 Å². The first-order chi connectivity index (χ1) is 14.2. The van der Waals surface area contributed by atoms with Crippen LogP contribution in [-0.4, -0.2) is 15.9 Å². The van der Waals surface area contributed by atoms with Gasteiger partial charge in [-0.15, -0.1) is 0 Å². The summed E-state index contributed by atoms with van der Waals surface area (Å²) in [7, 11) is 0. The summed E-state index contributed by atoms with van der Waals surface area (Å²) >= 11 is 5.99. The molecule has 0 bridgehead atoms. The van der Waals surface area contributed by atoms with Crippen molar-refractivity contribution in [3.05, 3.63) is 95.5 Å². The van der Waals surface area contributed by atoms with Gasteiger partial charge in [0, 0.05) is 21.8 Å². The summed E-state index contributed by atoms with van der Waals surface area (Å²) in [5, 5.41) is 5.74. The van der Waals surface area contributed by atoms with Crippen LogP contribution in [0.1, 0.15) is 10.4 Å². The van der Waals surface area contributed by atoms with Crippen molar-refractivity contribution in [2.75, 3.05) is 5.32 Å². The van der Waals surface area contributed by atoms with Gasteiger partial charge in [0.15, 0.2) is 0 Å². The lowest BCUT2D eigenvalue weighted by molar-refractivity contribution is 0.102. The number of imidazole rings is 1. The normalized spacial score (nSPS) is 11.1. The monoisotopic (exact) mass is 397 g/mol. The maximum absolute atomic E-state index is 12.6. The van der Waals surface area contributed by atoms with Crippen molar-refractivity contribution >= 4 is 45.0 Å². The number of fused-ring (bicyclic) bond motifs is 2. The summed E-state index contributed by atoms with van der Waals surface area (Å²) in [4.78, 5) is 20.7. The van der Waals surface area contributed by atoms with Crippen LogP contribution in [0.4, 0.5) is 5.69 Å². The smallest absolute Gasteiger partial charge is 0.255 e. The number of hydrogen-bond donors (Lipinski definition) is 2. The highest BCUT2D eigenvalue weighted by Gasteiger charge is 2.12. The van der Waals surface area contributed by atoms with Gasteiger partial charge < -0.3 is 10.3 Å². The Morgan fingerprint density at radius 3 is 2.62 bits per heavy atom. The fraction of sp³-hybridized carbons (Fsp3) is 0. The molecule has 1 amide bonds. The number of carbonyl (C=O) groups excluding carboxylic acids is 1. The minimum absolute atomic E-state index is 0.199. The Labute approximate surface area is 172 Å². The van der Waals surface area contributed by atoms with Crippen molar-refractivity contribution in [1.29, 1.82) is 0 Å². The Balaban J connectivity index is 1.51. The molecule has 5 heteroatoms. The van der Waals surface area contributed by atoms with Crippen molar-refractivity contribution in [1.82, 2.24) is 9.97 Å². The fourth-order valence-corrected chi connectivity index (χ4v) is 3.67. The molecule has 0 saturated carbocycles. The molecule has 0 aliphatic heterocycles. The van der Waals surface area contributed by atoms with Crippen LogP contribution < -0.4 is 5.32 Å². The van der Waals surface area contributed by atoms with Gasteiger partial charge in [0.25, 0.3) is 5.91 Å². The Bertz CT molecular complexity index is 1370. The highest BCUT2D eigenvalue weighted by Crippen LogP contribution is 2.28. The zero-order valence-corrected chi connectivity index (χ0v) is 16.1. The molecule has 5 rings (SSSR count). The molecule has 4 aromatic carbocycles. The number of nitrogens with one attached hydrogen (secondary N) is 2. The van der Waals surface area contributed by atoms with Crippen molar-refractivity contribution in [2.24, 2.45) is 0 Å². The zero-order valence-electron chi connectivity index (χ0n) is 15.3. The number of benzene rings is 4. The van der Waals surface area contributed by atoms with Crippen LogP contribution in [0.15, 0.2) is 84.9 Å². The maximum atomic E-state index is 12.6. The Kier molecular flexibility index (Phi) is 4.26. The van der Waals surface area contributed by atoms with E-state index in [1.807, 2.05) is 36.4 Å². The number of aromatic amines is 1. The molecule has 4 nitrogen and oxygen atoms in total. The van der Waals surface area contributed by atoms with E-state index in [-0.39, 0.29) is 5.91 Å². The largest absolute Gasteiger partial charge is 0.338 e. The number of carbonyl (C=O) groups is 1. The highest BCUT2D eigenvalue weighted by atomic mass is 35.5. The van der Waals surface area contributed by atoms with Gasteiger partial charge in [0.2, 0.25) is 0 Å². The first-order valence-electron chi connectivity index (χ1n) is 9.22. The molecule has 140 valence electrons. The second-order valence-electron chi connectivity index (χ2n) is 6.81. The van der Waals surface area contributed by atoms with E-state index in [0.717, 1.165) is 33.2 Å². The summed E-state index contributed by atoms with van der Waals surface area (Å²) in [6.07, 6.45) is 0. The van der Waals surface area contributed by atoms with Gasteiger partial charge in [0.1, 0.15) is 5.82 Å². The van der Waals surface area contributed by atoms with Crippen LogP contribution in [0.5, 0.6) is 0 Å². The van der Waals surface area contributed by atoms with E-state index in [9.17, 15) is 4.79 Å². The first kappa shape index (κ1) is 17.5. The van der Waals surface area contributed by atoms with Crippen molar-refractivity contribution in [3.63, 3.8) is 0 Å². The fourth-order valence-electron chi connectivity index (χ4n) is 3.48. The van der Waals surface area contributed by atoms with Crippen molar-refractivity contribution < 1.29 is 4.79 Å². The van der Waals surface area contributed by atoms with Crippen LogP contribution in [0.2, 0.25) is 5.02 Å².